The number of benzene rings is 4. The van der Waals surface area contributed by atoms with Crippen molar-refractivity contribution in [2.45, 2.75) is 120 Å². The van der Waals surface area contributed by atoms with Crippen LogP contribution in [0.4, 0.5) is 0 Å². The van der Waals surface area contributed by atoms with Gasteiger partial charge in [-0.1, -0.05) is 121 Å². The van der Waals surface area contributed by atoms with Crippen LogP contribution in [0, 0.1) is 0 Å². The number of hydrogen-bond acceptors (Lipinski definition) is 14. The van der Waals surface area contributed by atoms with Crippen LogP contribution in [0.5, 0.6) is 0 Å². The van der Waals surface area contributed by atoms with Crippen molar-refractivity contribution < 1.29 is 66.5 Å². The number of rotatable bonds is 19. The van der Waals surface area contributed by atoms with Gasteiger partial charge < -0.3 is 63.3 Å². The lowest BCUT2D eigenvalue weighted by Gasteiger charge is -2.52. The van der Waals surface area contributed by atoms with E-state index in [1.54, 1.807) is 6.92 Å². The maximum atomic E-state index is 13.8. The number of hydrogen-bond donors (Lipinski definition) is 3. The fourth-order valence-corrected chi connectivity index (χ4v) is 8.50. The van der Waals surface area contributed by atoms with Crippen molar-refractivity contribution in [2.24, 2.45) is 0 Å². The van der Waals surface area contributed by atoms with E-state index in [1.165, 1.54) is 13.8 Å². The molecule has 0 spiro atoms. The molecule has 3 amide bonds. The van der Waals surface area contributed by atoms with Gasteiger partial charge in [-0.05, 0) is 23.6 Å². The summed E-state index contributed by atoms with van der Waals surface area (Å²) in [5, 5.41) is 8.81. The molecule has 0 bridgehead atoms. The minimum atomic E-state index is -1.26. The Kier molecular flexibility index (Phi) is 16.4. The first-order chi connectivity index (χ1) is 32.6. The number of carbonyl (C=O) groups is 4. The van der Waals surface area contributed by atoms with E-state index in [9.17, 15) is 19.2 Å². The molecule has 0 aromatic heterocycles. The summed E-state index contributed by atoms with van der Waals surface area (Å²) >= 11 is 0. The molecule has 4 aliphatic rings. The van der Waals surface area contributed by atoms with Gasteiger partial charge in [0.05, 0.1) is 39.6 Å². The van der Waals surface area contributed by atoms with Crippen molar-refractivity contribution in [3.05, 3.63) is 144 Å². The van der Waals surface area contributed by atoms with Gasteiger partial charge >= 0.3 is 5.97 Å². The summed E-state index contributed by atoms with van der Waals surface area (Å²) in [4.78, 5) is 52.6. The summed E-state index contributed by atoms with van der Waals surface area (Å²) in [7, 11) is 0. The van der Waals surface area contributed by atoms with Crippen LogP contribution in [-0.2, 0) is 86.4 Å². The highest BCUT2D eigenvalue weighted by Gasteiger charge is 2.57. The molecule has 4 aromatic carbocycles. The number of ether oxygens (including phenoxy) is 10. The van der Waals surface area contributed by atoms with Gasteiger partial charge in [-0.3, -0.25) is 14.4 Å². The Hall–Kier alpha value is -5.60. The van der Waals surface area contributed by atoms with Crippen LogP contribution in [0.1, 0.15) is 49.3 Å². The van der Waals surface area contributed by atoms with E-state index in [0.717, 1.165) is 22.3 Å². The molecule has 13 atom stereocenters. The zero-order chi connectivity index (χ0) is 46.7. The molecule has 17 nitrogen and oxygen atoms in total. The van der Waals surface area contributed by atoms with Gasteiger partial charge in [0.1, 0.15) is 48.7 Å². The smallest absolute Gasteiger partial charge is 0.338 e. The molecule has 4 aromatic rings. The molecule has 356 valence electrons. The van der Waals surface area contributed by atoms with Gasteiger partial charge in [-0.2, -0.15) is 0 Å². The quantitative estimate of drug-likeness (QED) is 0.0907. The summed E-state index contributed by atoms with van der Waals surface area (Å²) in [5.41, 5.74) is 3.38. The third-order valence-corrected chi connectivity index (χ3v) is 11.7. The van der Waals surface area contributed by atoms with E-state index in [0.29, 0.717) is 0 Å². The zero-order valence-electron chi connectivity index (χ0n) is 37.5. The van der Waals surface area contributed by atoms with Crippen LogP contribution in [-0.4, -0.2) is 117 Å². The highest BCUT2D eigenvalue weighted by Crippen LogP contribution is 2.38. The second-order valence-electron chi connectivity index (χ2n) is 16.6. The molecule has 0 saturated carbocycles. The lowest BCUT2D eigenvalue weighted by atomic mass is 9.93. The van der Waals surface area contributed by atoms with E-state index in [1.807, 2.05) is 121 Å². The lowest BCUT2D eigenvalue weighted by Crippen LogP contribution is -2.72. The summed E-state index contributed by atoms with van der Waals surface area (Å²) < 4.78 is 63.8. The largest absolute Gasteiger partial charge is 0.464 e. The second-order valence-corrected chi connectivity index (χ2v) is 16.6. The summed E-state index contributed by atoms with van der Waals surface area (Å²) in [6.45, 7) is 4.87. The van der Waals surface area contributed by atoms with Crippen LogP contribution in [0.15, 0.2) is 121 Å². The number of esters is 1. The highest BCUT2D eigenvalue weighted by atomic mass is 16.8. The Balaban J connectivity index is 1.14. The fraction of sp³-hybridized carbons (Fsp3) is 0.440. The molecule has 0 aliphatic carbocycles. The first-order valence-electron chi connectivity index (χ1n) is 22.5. The molecule has 3 N–H and O–H groups in total. The Morgan fingerprint density at radius 2 is 1.18 bits per heavy atom. The third-order valence-electron chi connectivity index (χ3n) is 11.7. The molecule has 4 heterocycles. The number of nitrogens with one attached hydrogen (secondary N) is 3. The average Bonchev–Trinajstić information content (AvgIpc) is 4.15. The Labute approximate surface area is 388 Å². The van der Waals surface area contributed by atoms with Gasteiger partial charge in [0.15, 0.2) is 31.0 Å². The maximum absolute atomic E-state index is 13.8. The van der Waals surface area contributed by atoms with Crippen LogP contribution in [0.25, 0.3) is 0 Å². The summed E-state index contributed by atoms with van der Waals surface area (Å²) in [6.07, 6.45) is -11.1. The van der Waals surface area contributed by atoms with Crippen LogP contribution < -0.4 is 16.0 Å². The second kappa shape index (κ2) is 22.9. The number of amides is 3. The summed E-state index contributed by atoms with van der Waals surface area (Å²) in [6, 6.07) is 36.0. The van der Waals surface area contributed by atoms with Gasteiger partial charge in [-0.25, -0.2) is 4.79 Å². The third kappa shape index (κ3) is 12.5. The Morgan fingerprint density at radius 3 is 1.78 bits per heavy atom. The van der Waals surface area contributed by atoms with Crippen molar-refractivity contribution >= 4 is 23.7 Å². The minimum Gasteiger partial charge on any atom is -0.464 e. The van der Waals surface area contributed by atoms with Crippen LogP contribution in [0.3, 0.4) is 0 Å². The van der Waals surface area contributed by atoms with Crippen molar-refractivity contribution in [1.29, 1.82) is 0 Å². The molecule has 17 heteroatoms. The molecule has 4 fully saturated rings. The van der Waals surface area contributed by atoms with Crippen LogP contribution >= 0.6 is 0 Å². The lowest BCUT2D eigenvalue weighted by molar-refractivity contribution is -0.366. The molecule has 0 unspecified atom stereocenters. The predicted octanol–water partition coefficient (Wildman–Crippen LogP) is 3.78. The van der Waals surface area contributed by atoms with Crippen molar-refractivity contribution in [1.82, 2.24) is 16.0 Å². The normalized spacial score (nSPS) is 30.0. The number of fused-ring (bicyclic) bond motifs is 1. The standard InChI is InChI=1S/C50H57N3O14/c1-4-59-48(57)45-44(65-45)46(56)53-47-38(51-30(2)54)42(60-26-33-19-11-6-12-20-33)40(36(63-47)28-58-25-32-17-9-5-10-18-32)67-50-39(52-31(3)55)43(61-27-34-21-13-7-14-22-34)41-37(64-50)29-62-49(66-41)35-23-15-8-16-24-35/h5-24,36-45,47,49-50H,4,25-29H2,1-3H3,(H,51,54)(H,52,55)(H,53,56)/t36-,37-,38-,39-,40-,41-,42-,43-,44+,45+,47-,49-,50+/m1/s1. The molecule has 4 aliphatic heterocycles. The topological polar surface area (TPSA) is 200 Å². The monoisotopic (exact) mass is 923 g/mol. The van der Waals surface area contributed by atoms with Gasteiger partial charge in [-0.15, -0.1) is 0 Å². The van der Waals surface area contributed by atoms with E-state index >= 15 is 0 Å². The molecular weight excluding hydrogens is 867 g/mol. The molecule has 67 heavy (non-hydrogen) atoms. The SMILES string of the molecule is CCOC(=O)[C@H]1O[C@@H]1C(=O)N[C@@H]1O[C@H](COCc2ccccc2)[C@@H](O[C@@H]2O[C@@H]3CO[C@@H](c4ccccc4)O[C@H]3[C@H](OCc3ccccc3)[C@H]2NC(C)=O)[C@H](OCc2ccccc2)[C@H]1NC(C)=O. The number of epoxide rings is 1. The first kappa shape index (κ1) is 47.9. The zero-order valence-corrected chi connectivity index (χ0v) is 37.5. The Morgan fingerprint density at radius 1 is 0.612 bits per heavy atom. The van der Waals surface area contributed by atoms with E-state index in [-0.39, 0.29) is 45.5 Å². The average molecular weight is 924 g/mol. The summed E-state index contributed by atoms with van der Waals surface area (Å²) in [5.74, 6) is -2.19. The minimum absolute atomic E-state index is 0.0487. The van der Waals surface area contributed by atoms with Crippen molar-refractivity contribution in [3.8, 4) is 0 Å². The van der Waals surface area contributed by atoms with Gasteiger partial charge in [0.2, 0.25) is 11.8 Å². The highest BCUT2D eigenvalue weighted by molar-refractivity contribution is 5.93. The first-order valence-corrected chi connectivity index (χ1v) is 22.5. The van der Waals surface area contributed by atoms with E-state index in [4.69, 9.17) is 47.4 Å². The van der Waals surface area contributed by atoms with E-state index in [2.05, 4.69) is 16.0 Å². The van der Waals surface area contributed by atoms with Gasteiger partial charge in [0, 0.05) is 19.4 Å². The predicted molar refractivity (Wildman–Crippen MR) is 237 cm³/mol. The van der Waals surface area contributed by atoms with Gasteiger partial charge in [0.25, 0.3) is 5.91 Å². The van der Waals surface area contributed by atoms with E-state index < -0.39 is 97.5 Å². The number of carbonyl (C=O) groups excluding carboxylic acids is 4. The fourth-order valence-electron chi connectivity index (χ4n) is 8.50. The molecule has 0 radical (unpaired) electrons. The molecule has 4 saturated heterocycles. The van der Waals surface area contributed by atoms with Crippen molar-refractivity contribution in [2.75, 3.05) is 19.8 Å². The van der Waals surface area contributed by atoms with Crippen molar-refractivity contribution in [3.63, 3.8) is 0 Å². The van der Waals surface area contributed by atoms with Crippen LogP contribution in [0.2, 0.25) is 0 Å². The Bertz CT molecular complexity index is 2230. The molecular formula is C50H57N3O14. The molecule has 8 rings (SSSR count). The maximum Gasteiger partial charge on any atom is 0.338 e.